The zero-order valence-corrected chi connectivity index (χ0v) is 25.6. The number of aromatic nitrogens is 2. The number of carbonyl (C=O) groups is 1. The highest BCUT2D eigenvalue weighted by Gasteiger charge is 2.35. The molecule has 3 aliphatic rings. The largest absolute Gasteiger partial charge is 0.352 e. The molecule has 2 fully saturated rings. The van der Waals surface area contributed by atoms with Gasteiger partial charge in [-0.05, 0) is 70.5 Å². The van der Waals surface area contributed by atoms with Crippen LogP contribution in [0.5, 0.6) is 0 Å². The third-order valence-corrected chi connectivity index (χ3v) is 10.3. The number of anilines is 1. The first-order valence-electron chi connectivity index (χ1n) is 14.4. The standard InChI is InChI=1S/C31H34ClF2N5O2S/c1-5-26(40)39-18(3)13-37(14-19(39)4)30-22-10-17(2)27(21-11-23(32)25(34)12-24(21)33)29-28(22)38(31(41)35-30)15-20(16-42-29)36-8-6-7-9-36/h5,10-12,18-20H,1,6-9,13-16H2,2-4H3/t18-,19+,20-/m0/s1. The summed E-state index contributed by atoms with van der Waals surface area (Å²) in [5.41, 5.74) is 1.95. The second-order valence-electron chi connectivity index (χ2n) is 11.6. The number of aryl methyl sites for hydroxylation is 1. The van der Waals surface area contributed by atoms with Gasteiger partial charge < -0.3 is 9.80 Å². The van der Waals surface area contributed by atoms with Crippen molar-refractivity contribution in [2.24, 2.45) is 0 Å². The van der Waals surface area contributed by atoms with Gasteiger partial charge in [0.05, 0.1) is 10.5 Å². The number of amides is 1. The van der Waals surface area contributed by atoms with Crippen LogP contribution in [0.3, 0.4) is 0 Å². The van der Waals surface area contributed by atoms with Crippen molar-refractivity contribution in [2.75, 3.05) is 36.8 Å². The predicted molar refractivity (Wildman–Crippen MR) is 165 cm³/mol. The van der Waals surface area contributed by atoms with Crippen LogP contribution in [0, 0.1) is 18.6 Å². The highest BCUT2D eigenvalue weighted by atomic mass is 35.5. The Hall–Kier alpha value is -2.95. The number of halogens is 3. The van der Waals surface area contributed by atoms with E-state index in [1.807, 2.05) is 31.7 Å². The fraction of sp³-hybridized carbons (Fsp3) is 0.452. The maximum atomic E-state index is 15.4. The number of piperazine rings is 1. The second-order valence-corrected chi connectivity index (χ2v) is 13.1. The van der Waals surface area contributed by atoms with E-state index in [9.17, 15) is 14.0 Å². The van der Waals surface area contributed by atoms with Crippen molar-refractivity contribution in [1.29, 1.82) is 0 Å². The Balaban J connectivity index is 1.57. The SMILES string of the molecule is C=CC(=O)N1[C@H](C)CN(c2nc(=O)n3c4c(c(-c5cc(Cl)c(F)cc5F)c(C)cc24)SC[C@@H](N2CCCC2)C3)C[C@@H]1C. The molecule has 4 heterocycles. The molecule has 0 aliphatic carbocycles. The molecule has 7 nitrogen and oxygen atoms in total. The number of nitrogens with zero attached hydrogens (tertiary/aromatic N) is 5. The minimum Gasteiger partial charge on any atom is -0.352 e. The zero-order chi connectivity index (χ0) is 29.9. The van der Waals surface area contributed by atoms with E-state index in [4.69, 9.17) is 11.6 Å². The summed E-state index contributed by atoms with van der Waals surface area (Å²) < 4.78 is 31.3. The van der Waals surface area contributed by atoms with E-state index in [-0.39, 0.29) is 40.3 Å². The molecule has 0 N–H and O–H groups in total. The summed E-state index contributed by atoms with van der Waals surface area (Å²) >= 11 is 7.76. The first kappa shape index (κ1) is 29.1. The molecule has 3 aliphatic heterocycles. The van der Waals surface area contributed by atoms with Gasteiger partial charge in [-0.1, -0.05) is 18.2 Å². The van der Waals surface area contributed by atoms with Crippen molar-refractivity contribution in [3.05, 3.63) is 63.6 Å². The Kier molecular flexibility index (Phi) is 7.82. The van der Waals surface area contributed by atoms with Crippen molar-refractivity contribution >= 4 is 46.0 Å². The van der Waals surface area contributed by atoms with Gasteiger partial charge in [-0.25, -0.2) is 13.6 Å². The number of benzene rings is 2. The summed E-state index contributed by atoms with van der Waals surface area (Å²) in [6, 6.07) is 3.97. The van der Waals surface area contributed by atoms with Gasteiger partial charge in [-0.3, -0.25) is 14.3 Å². The number of hydrogen-bond acceptors (Lipinski definition) is 6. The van der Waals surface area contributed by atoms with E-state index < -0.39 is 11.6 Å². The van der Waals surface area contributed by atoms with Crippen LogP contribution in [-0.2, 0) is 11.3 Å². The van der Waals surface area contributed by atoms with Crippen LogP contribution in [0.15, 0.2) is 40.5 Å². The Labute approximate surface area is 253 Å². The first-order valence-corrected chi connectivity index (χ1v) is 15.7. The normalized spacial score (nSPS) is 23.0. The average molecular weight is 614 g/mol. The molecule has 1 aromatic heterocycles. The molecule has 222 valence electrons. The average Bonchev–Trinajstić information content (AvgIpc) is 3.41. The lowest BCUT2D eigenvalue weighted by molar-refractivity contribution is -0.130. The Morgan fingerprint density at radius 3 is 2.45 bits per heavy atom. The fourth-order valence-corrected chi connectivity index (χ4v) is 8.54. The smallest absolute Gasteiger partial charge is 0.350 e. The summed E-state index contributed by atoms with van der Waals surface area (Å²) in [4.78, 5) is 38.2. The summed E-state index contributed by atoms with van der Waals surface area (Å²) in [6.07, 6.45) is 3.57. The van der Waals surface area contributed by atoms with Crippen LogP contribution in [0.4, 0.5) is 14.6 Å². The number of thioether (sulfide) groups is 1. The minimum absolute atomic E-state index is 0.113. The number of hydrogen-bond donors (Lipinski definition) is 0. The Morgan fingerprint density at radius 2 is 1.79 bits per heavy atom. The molecule has 2 saturated heterocycles. The van der Waals surface area contributed by atoms with Crippen molar-refractivity contribution in [1.82, 2.24) is 19.4 Å². The van der Waals surface area contributed by atoms with Crippen molar-refractivity contribution in [2.45, 2.75) is 63.2 Å². The molecule has 0 saturated carbocycles. The Bertz CT molecular complexity index is 1640. The number of carbonyl (C=O) groups excluding carboxylic acids is 1. The first-order chi connectivity index (χ1) is 20.1. The third kappa shape index (κ3) is 4.91. The van der Waals surface area contributed by atoms with E-state index in [1.54, 1.807) is 16.3 Å². The summed E-state index contributed by atoms with van der Waals surface area (Å²) in [6.45, 7) is 12.9. The van der Waals surface area contributed by atoms with Crippen LogP contribution in [0.2, 0.25) is 5.02 Å². The lowest BCUT2D eigenvalue weighted by atomic mass is 9.97. The zero-order valence-electron chi connectivity index (χ0n) is 24.0. The lowest BCUT2D eigenvalue weighted by Crippen LogP contribution is -2.58. The van der Waals surface area contributed by atoms with Crippen molar-refractivity contribution < 1.29 is 13.6 Å². The van der Waals surface area contributed by atoms with Crippen molar-refractivity contribution in [3.8, 4) is 11.1 Å². The van der Waals surface area contributed by atoms with E-state index >= 15 is 4.39 Å². The molecule has 2 aromatic carbocycles. The molecule has 0 spiro atoms. The molecule has 42 heavy (non-hydrogen) atoms. The molecular weight excluding hydrogens is 580 g/mol. The predicted octanol–water partition coefficient (Wildman–Crippen LogP) is 5.49. The fourth-order valence-electron chi connectivity index (χ4n) is 6.93. The molecule has 11 heteroatoms. The lowest BCUT2D eigenvalue weighted by Gasteiger charge is -2.44. The van der Waals surface area contributed by atoms with E-state index in [2.05, 4.69) is 21.4 Å². The summed E-state index contributed by atoms with van der Waals surface area (Å²) in [5.74, 6) is -0.366. The van der Waals surface area contributed by atoms with Gasteiger partial charge in [0, 0.05) is 71.0 Å². The van der Waals surface area contributed by atoms with Gasteiger partial charge >= 0.3 is 5.69 Å². The van der Waals surface area contributed by atoms with Crippen LogP contribution < -0.4 is 10.6 Å². The molecule has 0 radical (unpaired) electrons. The van der Waals surface area contributed by atoms with Gasteiger partial charge in [0.15, 0.2) is 0 Å². The maximum Gasteiger partial charge on any atom is 0.350 e. The number of rotatable bonds is 4. The van der Waals surface area contributed by atoms with E-state index in [0.29, 0.717) is 36.5 Å². The van der Waals surface area contributed by atoms with Crippen LogP contribution >= 0.6 is 23.4 Å². The van der Waals surface area contributed by atoms with Crippen LogP contribution in [0.1, 0.15) is 32.3 Å². The molecular formula is C31H34ClF2N5O2S. The molecule has 3 atom stereocenters. The van der Waals surface area contributed by atoms with Crippen molar-refractivity contribution in [3.63, 3.8) is 0 Å². The van der Waals surface area contributed by atoms with Gasteiger partial charge in [0.2, 0.25) is 5.91 Å². The maximum absolute atomic E-state index is 15.4. The molecule has 3 aromatic rings. The second kappa shape index (κ2) is 11.3. The van der Waals surface area contributed by atoms with Gasteiger partial charge in [-0.15, -0.1) is 11.8 Å². The number of likely N-dealkylation sites (tertiary alicyclic amines) is 1. The Morgan fingerprint density at radius 1 is 1.10 bits per heavy atom. The molecule has 6 rings (SSSR count). The van der Waals surface area contributed by atoms with E-state index in [1.165, 1.54) is 12.1 Å². The van der Waals surface area contributed by atoms with Gasteiger partial charge in [-0.2, -0.15) is 4.98 Å². The minimum atomic E-state index is -0.815. The van der Waals surface area contributed by atoms with E-state index in [0.717, 1.165) is 53.6 Å². The van der Waals surface area contributed by atoms with Crippen LogP contribution in [0.25, 0.3) is 22.0 Å². The van der Waals surface area contributed by atoms with Gasteiger partial charge in [0.1, 0.15) is 17.5 Å². The molecule has 0 unspecified atom stereocenters. The van der Waals surface area contributed by atoms with Gasteiger partial charge in [0.25, 0.3) is 0 Å². The quantitative estimate of drug-likeness (QED) is 0.287. The summed E-state index contributed by atoms with van der Waals surface area (Å²) in [5, 5.41) is 0.645. The summed E-state index contributed by atoms with van der Waals surface area (Å²) in [7, 11) is 0. The third-order valence-electron chi connectivity index (χ3n) is 8.79. The molecule has 1 amide bonds. The topological polar surface area (TPSA) is 61.7 Å². The van der Waals surface area contributed by atoms with Crippen LogP contribution in [-0.4, -0.2) is 75.3 Å². The monoisotopic (exact) mass is 613 g/mol. The molecule has 0 bridgehead atoms. The highest BCUT2D eigenvalue weighted by molar-refractivity contribution is 7.99. The highest BCUT2D eigenvalue weighted by Crippen LogP contribution is 2.45.